The van der Waals surface area contributed by atoms with Gasteiger partial charge in [0, 0.05) is 0 Å². The molecule has 2 N–H and O–H groups in total. The Morgan fingerprint density at radius 1 is 1.11 bits per heavy atom. The summed E-state index contributed by atoms with van der Waals surface area (Å²) in [5.41, 5.74) is 8.87. The fraction of sp³-hybridized carbons (Fsp3) is 0.286. The van der Waals surface area contributed by atoms with Crippen molar-refractivity contribution in [2.45, 2.75) is 19.8 Å². The summed E-state index contributed by atoms with van der Waals surface area (Å²) in [7, 11) is 1.69. The summed E-state index contributed by atoms with van der Waals surface area (Å²) in [6.45, 7) is 2.08. The highest BCUT2D eigenvalue weighted by Gasteiger charge is 2.04. The van der Waals surface area contributed by atoms with Crippen LogP contribution in [0.5, 0.6) is 5.75 Å². The predicted octanol–water partition coefficient (Wildman–Crippen LogP) is 2.16. The number of methoxy groups -OCH3 is 1. The molecule has 0 aliphatic heterocycles. The zero-order valence-electron chi connectivity index (χ0n) is 10.7. The average molecular weight is 243 g/mol. The van der Waals surface area contributed by atoms with Crippen molar-refractivity contribution in [1.82, 2.24) is 10.2 Å². The molecule has 18 heavy (non-hydrogen) atoms. The molecule has 0 amide bonds. The van der Waals surface area contributed by atoms with Crippen LogP contribution in [-0.2, 0) is 12.8 Å². The summed E-state index contributed by atoms with van der Waals surface area (Å²) in [5, 5.41) is 7.90. The van der Waals surface area contributed by atoms with Crippen LogP contribution in [0, 0.1) is 6.92 Å². The van der Waals surface area contributed by atoms with Gasteiger partial charge in [0.25, 0.3) is 0 Å². The topological polar surface area (TPSA) is 61.0 Å². The minimum Gasteiger partial charge on any atom is -0.496 e. The Labute approximate surface area is 107 Å². The van der Waals surface area contributed by atoms with Gasteiger partial charge in [-0.2, -0.15) is 5.10 Å². The van der Waals surface area contributed by atoms with Crippen LogP contribution < -0.4 is 10.5 Å². The Morgan fingerprint density at radius 3 is 2.61 bits per heavy atom. The molecule has 0 saturated carbocycles. The second-order valence-corrected chi connectivity index (χ2v) is 4.26. The van der Waals surface area contributed by atoms with Gasteiger partial charge in [-0.15, -0.1) is 5.10 Å². The van der Waals surface area contributed by atoms with E-state index in [1.807, 2.05) is 18.2 Å². The standard InChI is InChI=1S/C14H17N3O/c1-10-3-7-13(18-2)11(9-10)4-5-12-6-8-14(15)17-16-12/h3,6-9H,4-5H2,1-2H3,(H2,15,17). The lowest BCUT2D eigenvalue weighted by atomic mass is 10.0. The van der Waals surface area contributed by atoms with Gasteiger partial charge in [0.2, 0.25) is 0 Å². The predicted molar refractivity (Wildman–Crippen MR) is 71.6 cm³/mol. The Kier molecular flexibility index (Phi) is 3.77. The zero-order valence-corrected chi connectivity index (χ0v) is 10.7. The van der Waals surface area contributed by atoms with Crippen molar-refractivity contribution in [3.05, 3.63) is 47.2 Å². The second-order valence-electron chi connectivity index (χ2n) is 4.26. The molecular formula is C14H17N3O. The smallest absolute Gasteiger partial charge is 0.146 e. The Bertz CT molecular complexity index is 523. The normalized spacial score (nSPS) is 10.3. The van der Waals surface area contributed by atoms with Gasteiger partial charge in [0.1, 0.15) is 11.6 Å². The first-order chi connectivity index (χ1) is 8.69. The highest BCUT2D eigenvalue weighted by atomic mass is 16.5. The summed E-state index contributed by atoms with van der Waals surface area (Å²) in [6.07, 6.45) is 1.70. The Balaban J connectivity index is 2.09. The fourth-order valence-corrected chi connectivity index (χ4v) is 1.87. The maximum Gasteiger partial charge on any atom is 0.146 e. The number of anilines is 1. The number of hydrogen-bond acceptors (Lipinski definition) is 4. The van der Waals surface area contributed by atoms with E-state index in [9.17, 15) is 0 Å². The quantitative estimate of drug-likeness (QED) is 0.894. The van der Waals surface area contributed by atoms with Crippen molar-refractivity contribution in [3.63, 3.8) is 0 Å². The van der Waals surface area contributed by atoms with Crippen molar-refractivity contribution in [3.8, 4) is 5.75 Å². The zero-order chi connectivity index (χ0) is 13.0. The number of aryl methyl sites for hydroxylation is 3. The van der Waals surface area contributed by atoms with Crippen LogP contribution in [0.2, 0.25) is 0 Å². The first-order valence-electron chi connectivity index (χ1n) is 5.90. The summed E-state index contributed by atoms with van der Waals surface area (Å²) < 4.78 is 5.35. The number of aromatic nitrogens is 2. The molecule has 4 nitrogen and oxygen atoms in total. The van der Waals surface area contributed by atoms with E-state index < -0.39 is 0 Å². The molecule has 0 saturated heterocycles. The molecule has 94 valence electrons. The molecule has 0 unspecified atom stereocenters. The molecule has 0 spiro atoms. The van der Waals surface area contributed by atoms with Gasteiger partial charge in [-0.05, 0) is 43.5 Å². The van der Waals surface area contributed by atoms with Gasteiger partial charge in [-0.1, -0.05) is 17.7 Å². The van der Waals surface area contributed by atoms with Crippen LogP contribution in [-0.4, -0.2) is 17.3 Å². The van der Waals surface area contributed by atoms with Crippen LogP contribution in [0.15, 0.2) is 30.3 Å². The monoisotopic (exact) mass is 243 g/mol. The molecule has 1 aromatic heterocycles. The van der Waals surface area contributed by atoms with Crippen molar-refractivity contribution >= 4 is 5.82 Å². The molecule has 4 heteroatoms. The molecule has 1 heterocycles. The molecule has 0 aliphatic carbocycles. The summed E-state index contributed by atoms with van der Waals surface area (Å²) in [5.74, 6) is 1.37. The third kappa shape index (κ3) is 2.97. The van der Waals surface area contributed by atoms with Gasteiger partial charge in [-0.3, -0.25) is 0 Å². The van der Waals surface area contributed by atoms with Gasteiger partial charge < -0.3 is 10.5 Å². The maximum absolute atomic E-state index is 5.51. The lowest BCUT2D eigenvalue weighted by Gasteiger charge is -2.09. The van der Waals surface area contributed by atoms with E-state index in [1.165, 1.54) is 11.1 Å². The SMILES string of the molecule is COc1ccc(C)cc1CCc1ccc(N)nn1. The lowest BCUT2D eigenvalue weighted by molar-refractivity contribution is 0.409. The van der Waals surface area contributed by atoms with E-state index >= 15 is 0 Å². The van der Waals surface area contributed by atoms with Crippen LogP contribution in [0.1, 0.15) is 16.8 Å². The molecule has 1 aromatic carbocycles. The van der Waals surface area contributed by atoms with Gasteiger partial charge in [-0.25, -0.2) is 0 Å². The maximum atomic E-state index is 5.51. The minimum atomic E-state index is 0.451. The number of ether oxygens (including phenoxy) is 1. The van der Waals surface area contributed by atoms with E-state index in [1.54, 1.807) is 13.2 Å². The third-order valence-corrected chi connectivity index (χ3v) is 2.83. The molecule has 0 bridgehead atoms. The van der Waals surface area contributed by atoms with E-state index in [0.717, 1.165) is 24.3 Å². The average Bonchev–Trinajstić information content (AvgIpc) is 2.38. The summed E-state index contributed by atoms with van der Waals surface area (Å²) in [4.78, 5) is 0. The molecule has 2 aromatic rings. The number of nitrogens with zero attached hydrogens (tertiary/aromatic N) is 2. The first kappa shape index (κ1) is 12.4. The third-order valence-electron chi connectivity index (χ3n) is 2.83. The van der Waals surface area contributed by atoms with Gasteiger partial charge in [0.15, 0.2) is 0 Å². The highest BCUT2D eigenvalue weighted by Crippen LogP contribution is 2.21. The first-order valence-corrected chi connectivity index (χ1v) is 5.90. The van der Waals surface area contributed by atoms with Crippen LogP contribution >= 0.6 is 0 Å². The Hall–Kier alpha value is -2.10. The lowest BCUT2D eigenvalue weighted by Crippen LogP contribution is -2.00. The molecule has 0 aliphatic rings. The fourth-order valence-electron chi connectivity index (χ4n) is 1.87. The second kappa shape index (κ2) is 5.49. The number of benzene rings is 1. The number of nitrogens with two attached hydrogens (primary N) is 1. The van der Waals surface area contributed by atoms with E-state index in [0.29, 0.717) is 5.82 Å². The summed E-state index contributed by atoms with van der Waals surface area (Å²) in [6, 6.07) is 9.87. The number of hydrogen-bond donors (Lipinski definition) is 1. The van der Waals surface area contributed by atoms with Crippen molar-refractivity contribution in [2.24, 2.45) is 0 Å². The molecule has 0 fully saturated rings. The largest absolute Gasteiger partial charge is 0.496 e. The number of nitrogen functional groups attached to an aromatic ring is 1. The molecule has 2 rings (SSSR count). The van der Waals surface area contributed by atoms with Crippen LogP contribution in [0.3, 0.4) is 0 Å². The number of rotatable bonds is 4. The van der Waals surface area contributed by atoms with Crippen molar-refractivity contribution in [2.75, 3.05) is 12.8 Å². The molecule has 0 radical (unpaired) electrons. The van der Waals surface area contributed by atoms with E-state index in [-0.39, 0.29) is 0 Å². The van der Waals surface area contributed by atoms with Crippen LogP contribution in [0.4, 0.5) is 5.82 Å². The highest BCUT2D eigenvalue weighted by molar-refractivity contribution is 5.37. The minimum absolute atomic E-state index is 0.451. The van der Waals surface area contributed by atoms with Crippen molar-refractivity contribution < 1.29 is 4.74 Å². The van der Waals surface area contributed by atoms with Gasteiger partial charge >= 0.3 is 0 Å². The van der Waals surface area contributed by atoms with Crippen LogP contribution in [0.25, 0.3) is 0 Å². The van der Waals surface area contributed by atoms with E-state index in [4.69, 9.17) is 10.5 Å². The summed E-state index contributed by atoms with van der Waals surface area (Å²) >= 11 is 0. The van der Waals surface area contributed by atoms with Gasteiger partial charge in [0.05, 0.1) is 12.8 Å². The molecular weight excluding hydrogens is 226 g/mol. The Morgan fingerprint density at radius 2 is 1.94 bits per heavy atom. The van der Waals surface area contributed by atoms with Crippen molar-refractivity contribution in [1.29, 1.82) is 0 Å². The van der Waals surface area contributed by atoms with E-state index in [2.05, 4.69) is 23.2 Å². The molecule has 0 atom stereocenters.